The molecule has 4 rings (SSSR count). The molecule has 0 saturated heterocycles. The Hall–Kier alpha value is -3.29. The zero-order valence-corrected chi connectivity index (χ0v) is 30.0. The molecule has 49 heavy (non-hydrogen) atoms. The lowest BCUT2D eigenvalue weighted by atomic mass is 9.82. The molecule has 0 bridgehead atoms. The highest BCUT2D eigenvalue weighted by Crippen LogP contribution is 2.36. The number of carbonyl (C=O) groups is 3. The largest absolute Gasteiger partial charge is 0.449 e. The quantitative estimate of drug-likeness (QED) is 0.202. The Balaban J connectivity index is 1.58. The van der Waals surface area contributed by atoms with Crippen molar-refractivity contribution in [1.29, 1.82) is 0 Å². The summed E-state index contributed by atoms with van der Waals surface area (Å²) in [5.41, 5.74) is 1.02. The Morgan fingerprint density at radius 2 is 1.69 bits per heavy atom. The minimum atomic E-state index is -3.61. The van der Waals surface area contributed by atoms with E-state index in [1.165, 1.54) is 12.5 Å². The Morgan fingerprint density at radius 3 is 2.31 bits per heavy atom. The van der Waals surface area contributed by atoms with Crippen LogP contribution in [0.2, 0.25) is 0 Å². The second kappa shape index (κ2) is 17.1. The lowest BCUT2D eigenvalue weighted by Crippen LogP contribution is -2.56. The fourth-order valence-electron chi connectivity index (χ4n) is 6.48. The first-order valence-electron chi connectivity index (χ1n) is 17.6. The second-order valence-corrected chi connectivity index (χ2v) is 17.5. The molecule has 12 nitrogen and oxygen atoms in total. The molecule has 1 aromatic carbocycles. The van der Waals surface area contributed by atoms with E-state index >= 15 is 0 Å². The number of ether oxygens (including phenoxy) is 1. The zero-order valence-electron chi connectivity index (χ0n) is 29.2. The average molecular weight is 703 g/mol. The molecule has 0 spiro atoms. The molecule has 1 aromatic heterocycles. The number of rotatable bonds is 16. The number of hydrogen-bond acceptors (Lipinski definition) is 9. The van der Waals surface area contributed by atoms with Gasteiger partial charge < -0.3 is 25.6 Å². The molecule has 2 aliphatic carbocycles. The van der Waals surface area contributed by atoms with Crippen LogP contribution in [-0.4, -0.2) is 87.5 Å². The molecule has 2 fully saturated rings. The third-order valence-corrected chi connectivity index (χ3v) is 12.5. The smallest absolute Gasteiger partial charge is 0.419 e. The summed E-state index contributed by atoms with van der Waals surface area (Å²) in [5, 5.41) is 27.9. The van der Waals surface area contributed by atoms with Crippen LogP contribution in [-0.2, 0) is 30.6 Å². The third-order valence-electron chi connectivity index (χ3n) is 9.74. The number of benzene rings is 1. The summed E-state index contributed by atoms with van der Waals surface area (Å²) in [6.45, 7) is 6.72. The van der Waals surface area contributed by atoms with Gasteiger partial charge in [-0.15, -0.1) is 0 Å². The van der Waals surface area contributed by atoms with E-state index in [0.29, 0.717) is 17.7 Å². The monoisotopic (exact) mass is 702 g/mol. The number of carbonyl (C=O) groups excluding carboxylic acids is 3. The number of aliphatic hydroxyl groups excluding tert-OH is 2. The van der Waals surface area contributed by atoms with Crippen molar-refractivity contribution in [2.45, 2.75) is 127 Å². The molecule has 1 heterocycles. The van der Waals surface area contributed by atoms with Crippen molar-refractivity contribution in [2.24, 2.45) is 11.8 Å². The van der Waals surface area contributed by atoms with Crippen LogP contribution in [0.1, 0.15) is 103 Å². The predicted octanol–water partition coefficient (Wildman–Crippen LogP) is 3.89. The number of hydrogen-bond donors (Lipinski definition) is 4. The summed E-state index contributed by atoms with van der Waals surface area (Å²) in [4.78, 5) is 44.3. The maximum Gasteiger partial charge on any atom is 0.419 e. The summed E-state index contributed by atoms with van der Waals surface area (Å²) >= 11 is 0. The average Bonchev–Trinajstić information content (AvgIpc) is 3.81. The van der Waals surface area contributed by atoms with Crippen LogP contribution in [0, 0.1) is 11.8 Å². The van der Waals surface area contributed by atoms with E-state index in [2.05, 4.69) is 15.6 Å². The van der Waals surface area contributed by atoms with Crippen molar-refractivity contribution >= 4 is 27.7 Å². The van der Waals surface area contributed by atoms with Crippen LogP contribution >= 0.6 is 0 Å². The van der Waals surface area contributed by atoms with E-state index in [4.69, 9.17) is 4.74 Å². The fraction of sp³-hybridized carbons (Fsp3) is 0.667. The van der Waals surface area contributed by atoms with Gasteiger partial charge in [-0.25, -0.2) is 22.8 Å². The Kier molecular flexibility index (Phi) is 13.4. The van der Waals surface area contributed by atoms with Crippen LogP contribution in [0.3, 0.4) is 0 Å². The Bertz CT molecular complexity index is 1500. The van der Waals surface area contributed by atoms with Crippen molar-refractivity contribution in [3.63, 3.8) is 0 Å². The number of aliphatic hydroxyl groups is 2. The van der Waals surface area contributed by atoms with Gasteiger partial charge in [0.05, 0.1) is 34.9 Å². The minimum Gasteiger partial charge on any atom is -0.449 e. The van der Waals surface area contributed by atoms with Crippen molar-refractivity contribution < 1.29 is 37.8 Å². The number of aromatic nitrogens is 2. The SMILES string of the molecule is CCOC(=O)n1cnc(CC(NC(=O)CC(CS(=O)(=O)C(C)(C)C)c2ccccc2)C(=O)NC(CC2CCCCC2)C(O)C(O)C2CC2)c1. The lowest BCUT2D eigenvalue weighted by Gasteiger charge is -2.33. The molecule has 0 aliphatic heterocycles. The summed E-state index contributed by atoms with van der Waals surface area (Å²) in [6, 6.07) is 7.04. The summed E-state index contributed by atoms with van der Waals surface area (Å²) in [6.07, 6.45) is 7.00. The molecular weight excluding hydrogens is 648 g/mol. The van der Waals surface area contributed by atoms with Gasteiger partial charge in [0.2, 0.25) is 11.8 Å². The van der Waals surface area contributed by atoms with Gasteiger partial charge in [0.25, 0.3) is 0 Å². The zero-order chi connectivity index (χ0) is 35.8. The van der Waals surface area contributed by atoms with Gasteiger partial charge >= 0.3 is 6.09 Å². The van der Waals surface area contributed by atoms with Gasteiger partial charge in [0.15, 0.2) is 9.84 Å². The number of nitrogens with zero attached hydrogens (tertiary/aromatic N) is 2. The second-order valence-electron chi connectivity index (χ2n) is 14.7. The molecule has 2 amide bonds. The van der Waals surface area contributed by atoms with Crippen LogP contribution in [0.5, 0.6) is 0 Å². The standard InChI is InChI=1S/C36H54N4O8S/c1-5-48-35(45)40-21-28(37-23-40)20-30(34(44)39-29(18-24-12-8-6-9-13-24)33(43)32(42)26-16-17-26)38-31(41)19-27(25-14-10-7-11-15-25)22-49(46,47)36(2,3)4/h7,10-11,14-15,21,23-24,26-27,29-30,32-33,42-43H,5-6,8-9,12-13,16-20,22H2,1-4H3,(H,38,41)(H,39,44). The van der Waals surface area contributed by atoms with Gasteiger partial charge in [0, 0.05) is 25.0 Å². The van der Waals surface area contributed by atoms with E-state index < -0.39 is 62.7 Å². The summed E-state index contributed by atoms with van der Waals surface area (Å²) < 4.78 is 31.7. The van der Waals surface area contributed by atoms with E-state index in [-0.39, 0.29) is 37.0 Å². The molecule has 4 N–H and O–H groups in total. The maximum absolute atomic E-state index is 14.1. The van der Waals surface area contributed by atoms with Crippen LogP contribution in [0.25, 0.3) is 0 Å². The first-order valence-corrected chi connectivity index (χ1v) is 19.3. The molecule has 5 atom stereocenters. The normalized spacial score (nSPS) is 18.9. The first-order chi connectivity index (χ1) is 23.2. The molecule has 272 valence electrons. The van der Waals surface area contributed by atoms with Crippen molar-refractivity contribution in [3.8, 4) is 0 Å². The van der Waals surface area contributed by atoms with E-state index in [1.54, 1.807) is 52.0 Å². The highest BCUT2D eigenvalue weighted by atomic mass is 32.2. The Labute approximate surface area is 290 Å². The van der Waals surface area contributed by atoms with E-state index in [1.807, 2.05) is 6.07 Å². The third kappa shape index (κ3) is 11.1. The molecule has 13 heteroatoms. The van der Waals surface area contributed by atoms with Crippen molar-refractivity contribution in [1.82, 2.24) is 20.2 Å². The van der Waals surface area contributed by atoms with Crippen LogP contribution in [0.4, 0.5) is 4.79 Å². The van der Waals surface area contributed by atoms with Crippen molar-refractivity contribution in [3.05, 3.63) is 54.1 Å². The minimum absolute atomic E-state index is 0.0117. The molecule has 0 radical (unpaired) electrons. The molecule has 2 saturated carbocycles. The van der Waals surface area contributed by atoms with Gasteiger partial charge in [-0.05, 0) is 64.4 Å². The molecule has 5 unspecified atom stereocenters. The predicted molar refractivity (Wildman–Crippen MR) is 185 cm³/mol. The highest BCUT2D eigenvalue weighted by Gasteiger charge is 2.40. The number of sulfone groups is 1. The summed E-state index contributed by atoms with van der Waals surface area (Å²) in [7, 11) is -3.61. The number of imidazole rings is 1. The molecular formula is C36H54N4O8S. The van der Waals surface area contributed by atoms with Gasteiger partial charge in [-0.3, -0.25) is 9.59 Å². The van der Waals surface area contributed by atoms with Gasteiger partial charge in [-0.1, -0.05) is 62.4 Å². The van der Waals surface area contributed by atoms with Gasteiger partial charge in [0.1, 0.15) is 18.5 Å². The van der Waals surface area contributed by atoms with Crippen molar-refractivity contribution in [2.75, 3.05) is 12.4 Å². The van der Waals surface area contributed by atoms with Gasteiger partial charge in [-0.2, -0.15) is 0 Å². The molecule has 2 aromatic rings. The van der Waals surface area contributed by atoms with Crippen LogP contribution in [0.15, 0.2) is 42.9 Å². The fourth-order valence-corrected chi connectivity index (χ4v) is 7.82. The number of amides is 2. The topological polar surface area (TPSA) is 177 Å². The Morgan fingerprint density at radius 1 is 1.02 bits per heavy atom. The lowest BCUT2D eigenvalue weighted by molar-refractivity contribution is -0.130. The maximum atomic E-state index is 14.1. The number of nitrogens with one attached hydrogen (secondary N) is 2. The summed E-state index contributed by atoms with van der Waals surface area (Å²) in [5.74, 6) is -1.77. The molecule has 2 aliphatic rings. The van der Waals surface area contributed by atoms with E-state index in [0.717, 1.165) is 49.5 Å². The highest BCUT2D eigenvalue weighted by molar-refractivity contribution is 7.92. The van der Waals surface area contributed by atoms with E-state index in [9.17, 15) is 33.0 Å². The van der Waals surface area contributed by atoms with Crippen LogP contribution < -0.4 is 10.6 Å². The first kappa shape index (κ1) is 38.5.